The fraction of sp³-hybridized carbons (Fsp3) is 0.571. The lowest BCUT2D eigenvalue weighted by molar-refractivity contribution is 0.218. The minimum absolute atomic E-state index is 0.116. The third kappa shape index (κ3) is 2.31. The molecular weight excluding hydrogens is 246 g/mol. The maximum absolute atomic E-state index is 6.21. The predicted molar refractivity (Wildman–Crippen MR) is 74.5 cm³/mol. The van der Waals surface area contributed by atoms with Gasteiger partial charge in [0.15, 0.2) is 11.5 Å². The molecule has 2 aliphatic rings. The molecule has 2 fully saturated rings. The van der Waals surface area contributed by atoms with Gasteiger partial charge in [0.2, 0.25) is 0 Å². The SMILES string of the molecule is COc1cc(C2(N)CC2)ccc1OC1CCSC1. The van der Waals surface area contributed by atoms with E-state index >= 15 is 0 Å². The fourth-order valence-corrected chi connectivity index (χ4v) is 3.38. The number of ether oxygens (including phenoxy) is 2. The summed E-state index contributed by atoms with van der Waals surface area (Å²) < 4.78 is 11.4. The molecule has 3 nitrogen and oxygen atoms in total. The van der Waals surface area contributed by atoms with Crippen LogP contribution in [-0.2, 0) is 5.54 Å². The summed E-state index contributed by atoms with van der Waals surface area (Å²) in [7, 11) is 1.69. The molecule has 1 unspecified atom stereocenters. The van der Waals surface area contributed by atoms with Gasteiger partial charge in [-0.3, -0.25) is 0 Å². The van der Waals surface area contributed by atoms with Crippen LogP contribution in [0.1, 0.15) is 24.8 Å². The van der Waals surface area contributed by atoms with Gasteiger partial charge in [0, 0.05) is 11.3 Å². The molecule has 1 atom stereocenters. The first-order chi connectivity index (χ1) is 8.71. The standard InChI is InChI=1S/C14H19NO2S/c1-16-13-8-10(14(15)5-6-14)2-3-12(13)17-11-4-7-18-9-11/h2-3,8,11H,4-7,9,15H2,1H3. The summed E-state index contributed by atoms with van der Waals surface area (Å²) in [5, 5.41) is 0. The number of rotatable bonds is 4. The van der Waals surface area contributed by atoms with Gasteiger partial charge in [0.25, 0.3) is 0 Å². The molecule has 0 bridgehead atoms. The van der Waals surface area contributed by atoms with Crippen molar-refractivity contribution in [3.05, 3.63) is 23.8 Å². The summed E-state index contributed by atoms with van der Waals surface area (Å²) in [4.78, 5) is 0. The van der Waals surface area contributed by atoms with Crippen LogP contribution in [0.2, 0.25) is 0 Å². The van der Waals surface area contributed by atoms with Crippen LogP contribution in [0, 0.1) is 0 Å². The molecule has 1 aliphatic heterocycles. The lowest BCUT2D eigenvalue weighted by atomic mass is 10.1. The van der Waals surface area contributed by atoms with E-state index in [0.29, 0.717) is 6.10 Å². The molecule has 1 aromatic carbocycles. The first-order valence-corrected chi connectivity index (χ1v) is 7.58. The van der Waals surface area contributed by atoms with Crippen molar-refractivity contribution in [2.24, 2.45) is 5.73 Å². The molecule has 3 rings (SSSR count). The first-order valence-electron chi connectivity index (χ1n) is 6.43. The van der Waals surface area contributed by atoms with Crippen molar-refractivity contribution in [2.75, 3.05) is 18.6 Å². The van der Waals surface area contributed by atoms with Crippen molar-refractivity contribution in [2.45, 2.75) is 30.9 Å². The summed E-state index contributed by atoms with van der Waals surface area (Å²) in [6.07, 6.45) is 3.57. The Labute approximate surface area is 112 Å². The molecule has 1 aromatic rings. The Balaban J connectivity index is 1.80. The molecule has 18 heavy (non-hydrogen) atoms. The van der Waals surface area contributed by atoms with Crippen LogP contribution in [0.25, 0.3) is 0 Å². The summed E-state index contributed by atoms with van der Waals surface area (Å²) in [6, 6.07) is 6.11. The molecule has 1 saturated heterocycles. The number of nitrogens with two attached hydrogens (primary N) is 1. The molecule has 0 aromatic heterocycles. The molecule has 0 spiro atoms. The van der Waals surface area contributed by atoms with Crippen molar-refractivity contribution in [3.63, 3.8) is 0 Å². The normalized spacial score (nSPS) is 24.9. The maximum Gasteiger partial charge on any atom is 0.161 e. The van der Waals surface area contributed by atoms with E-state index in [0.717, 1.165) is 42.1 Å². The Bertz CT molecular complexity index is 439. The largest absolute Gasteiger partial charge is 0.493 e. The van der Waals surface area contributed by atoms with E-state index < -0.39 is 0 Å². The number of methoxy groups -OCH3 is 1. The van der Waals surface area contributed by atoms with Gasteiger partial charge < -0.3 is 15.2 Å². The van der Waals surface area contributed by atoms with Gasteiger partial charge in [-0.25, -0.2) is 0 Å². The number of hydrogen-bond acceptors (Lipinski definition) is 4. The van der Waals surface area contributed by atoms with Gasteiger partial charge in [0.1, 0.15) is 6.10 Å². The molecular formula is C14H19NO2S. The predicted octanol–water partition coefficient (Wildman–Crippen LogP) is 2.53. The highest BCUT2D eigenvalue weighted by molar-refractivity contribution is 7.99. The molecule has 1 saturated carbocycles. The Morgan fingerprint density at radius 2 is 2.17 bits per heavy atom. The van der Waals surface area contributed by atoms with E-state index in [1.54, 1.807) is 7.11 Å². The molecule has 0 radical (unpaired) electrons. The van der Waals surface area contributed by atoms with Crippen molar-refractivity contribution >= 4 is 11.8 Å². The minimum Gasteiger partial charge on any atom is -0.493 e. The lowest BCUT2D eigenvalue weighted by Gasteiger charge is -2.17. The Hall–Kier alpha value is -0.870. The van der Waals surface area contributed by atoms with E-state index in [4.69, 9.17) is 15.2 Å². The van der Waals surface area contributed by atoms with Gasteiger partial charge in [0.05, 0.1) is 7.11 Å². The quantitative estimate of drug-likeness (QED) is 0.908. The summed E-state index contributed by atoms with van der Waals surface area (Å²) in [5.74, 6) is 3.92. The van der Waals surface area contributed by atoms with Crippen LogP contribution in [0.5, 0.6) is 11.5 Å². The highest BCUT2D eigenvalue weighted by Crippen LogP contribution is 2.45. The second-order valence-corrected chi connectivity index (χ2v) is 6.28. The molecule has 4 heteroatoms. The first kappa shape index (κ1) is 12.2. The number of hydrogen-bond donors (Lipinski definition) is 1. The van der Waals surface area contributed by atoms with E-state index in [-0.39, 0.29) is 5.54 Å². The minimum atomic E-state index is -0.116. The van der Waals surface area contributed by atoms with Crippen molar-refractivity contribution < 1.29 is 9.47 Å². The van der Waals surface area contributed by atoms with Gasteiger partial charge in [-0.15, -0.1) is 0 Å². The van der Waals surface area contributed by atoms with Crippen molar-refractivity contribution in [3.8, 4) is 11.5 Å². The van der Waals surface area contributed by atoms with Crippen LogP contribution in [-0.4, -0.2) is 24.7 Å². The Morgan fingerprint density at radius 1 is 1.33 bits per heavy atom. The Kier molecular flexibility index (Phi) is 3.16. The van der Waals surface area contributed by atoms with Crippen LogP contribution in [0.3, 0.4) is 0 Å². The maximum atomic E-state index is 6.21. The number of thioether (sulfide) groups is 1. The van der Waals surface area contributed by atoms with Crippen LogP contribution in [0.4, 0.5) is 0 Å². The highest BCUT2D eigenvalue weighted by atomic mass is 32.2. The zero-order valence-corrected chi connectivity index (χ0v) is 11.5. The molecule has 1 aliphatic carbocycles. The molecule has 1 heterocycles. The average molecular weight is 265 g/mol. The smallest absolute Gasteiger partial charge is 0.161 e. The molecule has 2 N–H and O–H groups in total. The summed E-state index contributed by atoms with van der Waals surface area (Å²) in [5.41, 5.74) is 7.25. The summed E-state index contributed by atoms with van der Waals surface area (Å²) >= 11 is 1.95. The van der Waals surface area contributed by atoms with Gasteiger partial charge in [-0.2, -0.15) is 11.8 Å². The third-order valence-corrected chi connectivity index (χ3v) is 4.84. The van der Waals surface area contributed by atoms with Crippen LogP contribution < -0.4 is 15.2 Å². The van der Waals surface area contributed by atoms with Gasteiger partial charge >= 0.3 is 0 Å². The highest BCUT2D eigenvalue weighted by Gasteiger charge is 2.40. The monoisotopic (exact) mass is 265 g/mol. The van der Waals surface area contributed by atoms with E-state index in [9.17, 15) is 0 Å². The molecule has 0 amide bonds. The van der Waals surface area contributed by atoms with Gasteiger partial charge in [-0.1, -0.05) is 6.07 Å². The van der Waals surface area contributed by atoms with Crippen molar-refractivity contribution in [1.82, 2.24) is 0 Å². The lowest BCUT2D eigenvalue weighted by Crippen LogP contribution is -2.19. The van der Waals surface area contributed by atoms with Crippen LogP contribution in [0.15, 0.2) is 18.2 Å². The van der Waals surface area contributed by atoms with Gasteiger partial charge in [-0.05, 0) is 42.7 Å². The zero-order valence-electron chi connectivity index (χ0n) is 10.6. The van der Waals surface area contributed by atoms with E-state index in [1.165, 1.54) is 5.75 Å². The van der Waals surface area contributed by atoms with E-state index in [1.807, 2.05) is 23.9 Å². The van der Waals surface area contributed by atoms with Crippen molar-refractivity contribution in [1.29, 1.82) is 0 Å². The molecule has 98 valence electrons. The number of benzene rings is 1. The van der Waals surface area contributed by atoms with Crippen LogP contribution >= 0.6 is 11.8 Å². The Morgan fingerprint density at radius 3 is 2.78 bits per heavy atom. The zero-order chi connectivity index (χ0) is 12.6. The van der Waals surface area contributed by atoms with E-state index in [2.05, 4.69) is 6.07 Å². The topological polar surface area (TPSA) is 44.5 Å². The fourth-order valence-electron chi connectivity index (χ4n) is 2.28. The third-order valence-electron chi connectivity index (χ3n) is 3.71. The second kappa shape index (κ2) is 4.67. The second-order valence-electron chi connectivity index (χ2n) is 5.13. The average Bonchev–Trinajstić information content (AvgIpc) is 2.93. The summed E-state index contributed by atoms with van der Waals surface area (Å²) in [6.45, 7) is 0.